The van der Waals surface area contributed by atoms with Crippen LogP contribution >= 0.6 is 23.2 Å². The molecular weight excluding hydrogens is 455 g/mol. The van der Waals surface area contributed by atoms with Gasteiger partial charge in [-0.3, -0.25) is 9.10 Å². The van der Waals surface area contributed by atoms with E-state index >= 15 is 0 Å². The van der Waals surface area contributed by atoms with E-state index in [4.69, 9.17) is 23.2 Å². The number of nitrogens with one attached hydrogen (secondary N) is 1. The maximum Gasteiger partial charge on any atom is 0.255 e. The highest BCUT2D eigenvalue weighted by atomic mass is 35.5. The molecule has 0 aliphatic rings. The van der Waals surface area contributed by atoms with Crippen LogP contribution in [0.2, 0.25) is 10.0 Å². The number of anilines is 2. The number of carbonyl (C=O) groups is 1. The molecule has 0 spiro atoms. The second-order valence-electron chi connectivity index (χ2n) is 7.37. The summed E-state index contributed by atoms with van der Waals surface area (Å²) in [6.07, 6.45) is 1.12. The highest BCUT2D eigenvalue weighted by Crippen LogP contribution is 2.28. The van der Waals surface area contributed by atoms with Crippen LogP contribution in [0.25, 0.3) is 0 Å². The molecular formula is C23H22Cl2N2O3S. The summed E-state index contributed by atoms with van der Waals surface area (Å²) >= 11 is 12.1. The Balaban J connectivity index is 1.80. The van der Waals surface area contributed by atoms with Crippen LogP contribution in [0.15, 0.2) is 60.7 Å². The van der Waals surface area contributed by atoms with Crippen molar-refractivity contribution in [3.05, 3.63) is 93.0 Å². The molecule has 5 nitrogen and oxygen atoms in total. The van der Waals surface area contributed by atoms with Crippen LogP contribution in [-0.4, -0.2) is 20.6 Å². The van der Waals surface area contributed by atoms with E-state index in [9.17, 15) is 13.2 Å². The third kappa shape index (κ3) is 6.00. The Hall–Kier alpha value is -2.54. The minimum Gasteiger partial charge on any atom is -0.322 e. The predicted molar refractivity (Wildman–Crippen MR) is 128 cm³/mol. The molecule has 0 atom stereocenters. The summed E-state index contributed by atoms with van der Waals surface area (Å²) in [6.45, 7) is 4.01. The summed E-state index contributed by atoms with van der Waals surface area (Å²) in [5, 5.41) is 3.59. The number of sulfonamides is 1. The van der Waals surface area contributed by atoms with Gasteiger partial charge in [0.05, 0.1) is 18.5 Å². The molecule has 0 fully saturated rings. The van der Waals surface area contributed by atoms with Crippen molar-refractivity contribution in [2.45, 2.75) is 20.4 Å². The van der Waals surface area contributed by atoms with Gasteiger partial charge in [0, 0.05) is 21.3 Å². The molecule has 0 saturated heterocycles. The molecule has 31 heavy (non-hydrogen) atoms. The number of amides is 1. The number of hydrogen-bond acceptors (Lipinski definition) is 3. The number of rotatable bonds is 6. The first-order valence-electron chi connectivity index (χ1n) is 9.44. The highest BCUT2D eigenvalue weighted by molar-refractivity contribution is 7.92. The molecule has 0 heterocycles. The first kappa shape index (κ1) is 23.1. The fourth-order valence-corrected chi connectivity index (χ4v) is 4.55. The zero-order valence-electron chi connectivity index (χ0n) is 17.3. The van der Waals surface area contributed by atoms with Crippen molar-refractivity contribution in [1.82, 2.24) is 0 Å². The van der Waals surface area contributed by atoms with Gasteiger partial charge in [0.2, 0.25) is 10.0 Å². The number of hydrogen-bond donors (Lipinski definition) is 1. The van der Waals surface area contributed by atoms with Crippen LogP contribution in [0.4, 0.5) is 11.4 Å². The van der Waals surface area contributed by atoms with Gasteiger partial charge >= 0.3 is 0 Å². The first-order valence-corrected chi connectivity index (χ1v) is 12.0. The predicted octanol–water partition coefficient (Wildman–Crippen LogP) is 5.83. The zero-order valence-corrected chi connectivity index (χ0v) is 19.6. The molecule has 1 amide bonds. The van der Waals surface area contributed by atoms with Crippen molar-refractivity contribution >= 4 is 50.5 Å². The third-order valence-corrected chi connectivity index (χ3v) is 6.29. The minimum absolute atomic E-state index is 0.0779. The molecule has 0 aliphatic carbocycles. The monoisotopic (exact) mass is 476 g/mol. The summed E-state index contributed by atoms with van der Waals surface area (Å²) in [4.78, 5) is 12.6. The van der Waals surface area contributed by atoms with Gasteiger partial charge in [-0.1, -0.05) is 53.0 Å². The molecule has 162 valence electrons. The van der Waals surface area contributed by atoms with E-state index in [2.05, 4.69) is 5.32 Å². The number of benzene rings is 3. The molecule has 0 saturated carbocycles. The van der Waals surface area contributed by atoms with Crippen LogP contribution in [0.1, 0.15) is 27.0 Å². The van der Waals surface area contributed by atoms with Gasteiger partial charge < -0.3 is 5.32 Å². The van der Waals surface area contributed by atoms with E-state index in [0.717, 1.165) is 23.1 Å². The topological polar surface area (TPSA) is 66.5 Å². The van der Waals surface area contributed by atoms with Gasteiger partial charge in [-0.25, -0.2) is 8.42 Å². The van der Waals surface area contributed by atoms with Crippen LogP contribution in [0.3, 0.4) is 0 Å². The van der Waals surface area contributed by atoms with E-state index < -0.39 is 10.0 Å². The SMILES string of the molecule is Cc1ccc(NC(=O)c2ccc(CN(c3cc(Cl)cc(Cl)c3)S(C)(=O)=O)cc2)c(C)c1. The van der Waals surface area contributed by atoms with Crippen molar-refractivity contribution in [3.8, 4) is 0 Å². The fourth-order valence-electron chi connectivity index (χ4n) is 3.16. The summed E-state index contributed by atoms with van der Waals surface area (Å²) < 4.78 is 26.0. The van der Waals surface area contributed by atoms with Crippen molar-refractivity contribution < 1.29 is 13.2 Å². The lowest BCUT2D eigenvalue weighted by molar-refractivity contribution is 0.102. The third-order valence-electron chi connectivity index (χ3n) is 4.71. The Kier molecular flexibility index (Phi) is 6.94. The van der Waals surface area contributed by atoms with Gasteiger partial charge in [0.1, 0.15) is 0 Å². The van der Waals surface area contributed by atoms with Gasteiger partial charge in [-0.2, -0.15) is 0 Å². The fraction of sp³-hybridized carbons (Fsp3) is 0.174. The van der Waals surface area contributed by atoms with E-state index in [1.807, 2.05) is 32.0 Å². The summed E-state index contributed by atoms with van der Waals surface area (Å²) in [5.74, 6) is -0.236. The van der Waals surface area contributed by atoms with Crippen molar-refractivity contribution in [2.75, 3.05) is 15.9 Å². The summed E-state index contributed by atoms with van der Waals surface area (Å²) in [7, 11) is -3.59. The van der Waals surface area contributed by atoms with Crippen LogP contribution in [-0.2, 0) is 16.6 Å². The molecule has 8 heteroatoms. The molecule has 3 aromatic carbocycles. The number of nitrogens with zero attached hydrogens (tertiary/aromatic N) is 1. The number of carbonyl (C=O) groups excluding carboxylic acids is 1. The minimum atomic E-state index is -3.59. The lowest BCUT2D eigenvalue weighted by atomic mass is 10.1. The van der Waals surface area contributed by atoms with Crippen molar-refractivity contribution in [2.24, 2.45) is 0 Å². The van der Waals surface area contributed by atoms with Crippen LogP contribution in [0, 0.1) is 13.8 Å². The number of halogens is 2. The maximum absolute atomic E-state index is 12.6. The quantitative estimate of drug-likeness (QED) is 0.486. The largest absolute Gasteiger partial charge is 0.322 e. The molecule has 0 unspecified atom stereocenters. The van der Waals surface area contributed by atoms with Gasteiger partial charge in [-0.05, 0) is 61.4 Å². The van der Waals surface area contributed by atoms with Crippen LogP contribution < -0.4 is 9.62 Å². The first-order chi connectivity index (χ1) is 14.5. The summed E-state index contributed by atoms with van der Waals surface area (Å²) in [6, 6.07) is 17.2. The second-order valence-corrected chi connectivity index (χ2v) is 10.1. The Morgan fingerprint density at radius 1 is 0.935 bits per heavy atom. The Morgan fingerprint density at radius 3 is 2.10 bits per heavy atom. The van der Waals surface area contributed by atoms with E-state index in [-0.39, 0.29) is 12.5 Å². The van der Waals surface area contributed by atoms with Gasteiger partial charge in [0.25, 0.3) is 5.91 Å². The molecule has 0 radical (unpaired) electrons. The second kappa shape index (κ2) is 9.30. The van der Waals surface area contributed by atoms with Gasteiger partial charge in [-0.15, -0.1) is 0 Å². The molecule has 3 rings (SSSR count). The zero-order chi connectivity index (χ0) is 22.8. The van der Waals surface area contributed by atoms with E-state index in [1.54, 1.807) is 36.4 Å². The normalized spacial score (nSPS) is 11.3. The van der Waals surface area contributed by atoms with E-state index in [0.29, 0.717) is 26.9 Å². The Labute approximate surface area is 192 Å². The lowest BCUT2D eigenvalue weighted by Gasteiger charge is -2.23. The Morgan fingerprint density at radius 2 is 1.55 bits per heavy atom. The molecule has 1 N–H and O–H groups in total. The molecule has 0 bridgehead atoms. The standard InChI is InChI=1S/C23H22Cl2N2O3S/c1-15-4-9-22(16(2)10-15)26-23(28)18-7-5-17(6-8-18)14-27(31(3,29)30)21-12-19(24)11-20(25)13-21/h4-13H,14H2,1-3H3,(H,26,28). The lowest BCUT2D eigenvalue weighted by Crippen LogP contribution is -2.29. The summed E-state index contributed by atoms with van der Waals surface area (Å²) in [5.41, 5.74) is 4.41. The molecule has 3 aromatic rings. The molecule has 0 aliphatic heterocycles. The maximum atomic E-state index is 12.6. The number of aryl methyl sites for hydroxylation is 2. The smallest absolute Gasteiger partial charge is 0.255 e. The van der Waals surface area contributed by atoms with Gasteiger partial charge in [0.15, 0.2) is 0 Å². The molecule has 0 aromatic heterocycles. The Bertz CT molecular complexity index is 1210. The van der Waals surface area contributed by atoms with E-state index in [1.165, 1.54) is 10.4 Å². The highest BCUT2D eigenvalue weighted by Gasteiger charge is 2.19. The average Bonchev–Trinajstić information content (AvgIpc) is 2.67. The average molecular weight is 477 g/mol. The van der Waals surface area contributed by atoms with Crippen LogP contribution in [0.5, 0.6) is 0 Å². The van der Waals surface area contributed by atoms with Crippen molar-refractivity contribution in [1.29, 1.82) is 0 Å². The van der Waals surface area contributed by atoms with Crippen molar-refractivity contribution in [3.63, 3.8) is 0 Å².